The molecule has 0 aliphatic heterocycles. The zero-order valence-electron chi connectivity index (χ0n) is 11.2. The van der Waals surface area contributed by atoms with E-state index < -0.39 is 0 Å². The maximum Gasteiger partial charge on any atom is 0.0518 e. The van der Waals surface area contributed by atoms with Gasteiger partial charge < -0.3 is 0 Å². The zero-order chi connectivity index (χ0) is 13.8. The molecule has 0 aliphatic carbocycles. The van der Waals surface area contributed by atoms with Crippen LogP contribution in [-0.2, 0) is 6.42 Å². The zero-order valence-corrected chi connectivity index (χ0v) is 12.7. The third-order valence-corrected chi connectivity index (χ3v) is 4.00. The molecule has 0 aliphatic rings. The minimum Gasteiger partial charge on any atom is -0.271 e. The Hall–Kier alpha value is -1.23. The highest BCUT2D eigenvalue weighted by Crippen LogP contribution is 2.24. The molecular formula is C15H18BrN3. The molecule has 4 heteroatoms. The Balaban J connectivity index is 2.28. The predicted molar refractivity (Wildman–Crippen MR) is 81.6 cm³/mol. The number of rotatable bonds is 4. The quantitative estimate of drug-likeness (QED) is 0.672. The minimum absolute atomic E-state index is 0.0619. The van der Waals surface area contributed by atoms with E-state index in [0.29, 0.717) is 0 Å². The van der Waals surface area contributed by atoms with Gasteiger partial charge in [0.15, 0.2) is 0 Å². The Labute approximate surface area is 122 Å². The topological polar surface area (TPSA) is 50.9 Å². The number of pyridine rings is 1. The maximum atomic E-state index is 5.72. The van der Waals surface area contributed by atoms with E-state index in [9.17, 15) is 0 Å². The van der Waals surface area contributed by atoms with Gasteiger partial charge in [-0.1, -0.05) is 40.2 Å². The number of nitrogens with one attached hydrogen (secondary N) is 1. The summed E-state index contributed by atoms with van der Waals surface area (Å²) in [7, 11) is 0. The Morgan fingerprint density at radius 2 is 1.95 bits per heavy atom. The summed E-state index contributed by atoms with van der Waals surface area (Å²) in [5, 5.41) is 0. The van der Waals surface area contributed by atoms with Crippen LogP contribution in [0.1, 0.15) is 28.6 Å². The third-order valence-electron chi connectivity index (χ3n) is 3.22. The van der Waals surface area contributed by atoms with Crippen LogP contribution >= 0.6 is 15.9 Å². The standard InChI is InChI=1S/C15H18BrN3/c1-10-7-8-13(11(2)18-10)15(19-17)9-12-5-3-4-6-14(12)16/h3-8,15,19H,9,17H2,1-2H3. The van der Waals surface area contributed by atoms with Gasteiger partial charge in [0.1, 0.15) is 0 Å². The molecule has 0 amide bonds. The van der Waals surface area contributed by atoms with Gasteiger partial charge in [0, 0.05) is 15.9 Å². The first kappa shape index (κ1) is 14.2. The molecule has 0 fully saturated rings. The first-order valence-electron chi connectivity index (χ1n) is 6.25. The summed E-state index contributed by atoms with van der Waals surface area (Å²) >= 11 is 3.57. The average Bonchev–Trinajstić information content (AvgIpc) is 2.39. The van der Waals surface area contributed by atoms with Crippen LogP contribution in [-0.4, -0.2) is 4.98 Å². The van der Waals surface area contributed by atoms with Crippen LogP contribution in [0.15, 0.2) is 40.9 Å². The molecule has 2 rings (SSSR count). The summed E-state index contributed by atoms with van der Waals surface area (Å²) in [6.45, 7) is 4.02. The van der Waals surface area contributed by atoms with Crippen molar-refractivity contribution in [1.82, 2.24) is 10.4 Å². The van der Waals surface area contributed by atoms with Crippen molar-refractivity contribution in [3.05, 3.63) is 63.4 Å². The van der Waals surface area contributed by atoms with Crippen LogP contribution in [0.3, 0.4) is 0 Å². The van der Waals surface area contributed by atoms with Gasteiger partial charge in [0.25, 0.3) is 0 Å². The highest BCUT2D eigenvalue weighted by molar-refractivity contribution is 9.10. The normalized spacial score (nSPS) is 12.4. The lowest BCUT2D eigenvalue weighted by atomic mass is 9.98. The molecular weight excluding hydrogens is 302 g/mol. The largest absolute Gasteiger partial charge is 0.271 e. The molecule has 1 heterocycles. The molecule has 19 heavy (non-hydrogen) atoms. The highest BCUT2D eigenvalue weighted by atomic mass is 79.9. The smallest absolute Gasteiger partial charge is 0.0518 e. The van der Waals surface area contributed by atoms with Gasteiger partial charge in [-0.3, -0.25) is 16.3 Å². The number of nitrogens with two attached hydrogens (primary N) is 1. The molecule has 3 N–H and O–H groups in total. The number of hydrazine groups is 1. The molecule has 0 saturated heterocycles. The summed E-state index contributed by atoms with van der Waals surface area (Å²) in [5.41, 5.74) is 7.31. The predicted octanol–water partition coefficient (Wildman–Crippen LogP) is 3.21. The number of aryl methyl sites for hydroxylation is 2. The van der Waals surface area contributed by atoms with Crippen molar-refractivity contribution in [1.29, 1.82) is 0 Å². The summed E-state index contributed by atoms with van der Waals surface area (Å²) in [6.07, 6.45) is 0.823. The molecule has 3 nitrogen and oxygen atoms in total. The van der Waals surface area contributed by atoms with Crippen molar-refractivity contribution in [2.75, 3.05) is 0 Å². The lowest BCUT2D eigenvalue weighted by molar-refractivity contribution is 0.546. The molecule has 0 bridgehead atoms. The Morgan fingerprint density at radius 1 is 1.21 bits per heavy atom. The molecule has 100 valence electrons. The fraction of sp³-hybridized carbons (Fsp3) is 0.267. The maximum absolute atomic E-state index is 5.72. The van der Waals surface area contributed by atoms with E-state index in [-0.39, 0.29) is 6.04 Å². The summed E-state index contributed by atoms with van der Waals surface area (Å²) in [5.74, 6) is 5.72. The van der Waals surface area contributed by atoms with Crippen molar-refractivity contribution in [2.45, 2.75) is 26.3 Å². The number of aromatic nitrogens is 1. The average molecular weight is 320 g/mol. The second-order valence-corrected chi connectivity index (χ2v) is 5.50. The molecule has 0 radical (unpaired) electrons. The van der Waals surface area contributed by atoms with E-state index in [1.165, 1.54) is 5.56 Å². The highest BCUT2D eigenvalue weighted by Gasteiger charge is 2.15. The number of benzene rings is 1. The van der Waals surface area contributed by atoms with E-state index in [1.54, 1.807) is 0 Å². The van der Waals surface area contributed by atoms with Crippen molar-refractivity contribution < 1.29 is 0 Å². The molecule has 1 unspecified atom stereocenters. The lowest BCUT2D eigenvalue weighted by Gasteiger charge is -2.19. The van der Waals surface area contributed by atoms with E-state index in [1.807, 2.05) is 38.1 Å². The first-order valence-corrected chi connectivity index (χ1v) is 7.05. The van der Waals surface area contributed by atoms with Gasteiger partial charge in [-0.05, 0) is 43.5 Å². The Morgan fingerprint density at radius 3 is 2.58 bits per heavy atom. The SMILES string of the molecule is Cc1ccc(C(Cc2ccccc2Br)NN)c(C)n1. The van der Waals surface area contributed by atoms with E-state index >= 15 is 0 Å². The molecule has 0 saturated carbocycles. The second kappa shape index (κ2) is 6.28. The van der Waals surface area contributed by atoms with Gasteiger partial charge in [-0.2, -0.15) is 0 Å². The molecule has 2 aromatic rings. The van der Waals surface area contributed by atoms with Crippen molar-refractivity contribution >= 4 is 15.9 Å². The van der Waals surface area contributed by atoms with E-state index in [4.69, 9.17) is 5.84 Å². The Kier molecular flexibility index (Phi) is 4.69. The number of hydrogen-bond acceptors (Lipinski definition) is 3. The lowest BCUT2D eigenvalue weighted by Crippen LogP contribution is -2.30. The summed E-state index contributed by atoms with van der Waals surface area (Å²) < 4.78 is 1.10. The van der Waals surface area contributed by atoms with Crippen LogP contribution in [0.5, 0.6) is 0 Å². The molecule has 1 aromatic heterocycles. The van der Waals surface area contributed by atoms with E-state index in [0.717, 1.165) is 27.8 Å². The van der Waals surface area contributed by atoms with Crippen LogP contribution in [0.2, 0.25) is 0 Å². The van der Waals surface area contributed by atoms with Gasteiger partial charge in [-0.25, -0.2) is 0 Å². The molecule has 1 aromatic carbocycles. The van der Waals surface area contributed by atoms with Crippen LogP contribution in [0.25, 0.3) is 0 Å². The van der Waals surface area contributed by atoms with Gasteiger partial charge in [-0.15, -0.1) is 0 Å². The fourth-order valence-electron chi connectivity index (χ4n) is 2.21. The molecule has 1 atom stereocenters. The van der Waals surface area contributed by atoms with E-state index in [2.05, 4.69) is 38.5 Å². The van der Waals surface area contributed by atoms with Crippen molar-refractivity contribution in [3.63, 3.8) is 0 Å². The molecule has 0 spiro atoms. The Bertz CT molecular complexity index is 569. The van der Waals surface area contributed by atoms with Crippen molar-refractivity contribution in [2.24, 2.45) is 5.84 Å². The summed E-state index contributed by atoms with van der Waals surface area (Å²) in [4.78, 5) is 4.50. The van der Waals surface area contributed by atoms with Gasteiger partial charge in [0.05, 0.1) is 6.04 Å². The number of halogens is 1. The van der Waals surface area contributed by atoms with Crippen LogP contribution < -0.4 is 11.3 Å². The second-order valence-electron chi connectivity index (χ2n) is 4.64. The van der Waals surface area contributed by atoms with Gasteiger partial charge >= 0.3 is 0 Å². The van der Waals surface area contributed by atoms with Crippen molar-refractivity contribution in [3.8, 4) is 0 Å². The fourth-order valence-corrected chi connectivity index (χ4v) is 2.65. The number of hydrogen-bond donors (Lipinski definition) is 2. The van der Waals surface area contributed by atoms with Gasteiger partial charge in [0.2, 0.25) is 0 Å². The summed E-state index contributed by atoms with van der Waals surface area (Å²) in [6, 6.07) is 12.4. The first-order chi connectivity index (χ1) is 9.11. The monoisotopic (exact) mass is 319 g/mol. The van der Waals surface area contributed by atoms with Crippen LogP contribution in [0, 0.1) is 13.8 Å². The third kappa shape index (κ3) is 3.41. The number of nitrogens with zero attached hydrogens (tertiary/aromatic N) is 1. The van der Waals surface area contributed by atoms with Crippen LogP contribution in [0.4, 0.5) is 0 Å². The minimum atomic E-state index is 0.0619.